The molecule has 0 aromatic heterocycles. The van der Waals surface area contributed by atoms with Crippen molar-refractivity contribution >= 4 is 0 Å². The van der Waals surface area contributed by atoms with Crippen LogP contribution in [-0.2, 0) is 0 Å². The molecule has 0 N–H and O–H groups in total. The number of likely N-dealkylation sites (tertiary alicyclic amines) is 4. The normalized spacial score (nSPS) is 17.0. The van der Waals surface area contributed by atoms with E-state index < -0.39 is 0 Å². The van der Waals surface area contributed by atoms with Gasteiger partial charge in [0.05, 0.1) is 26.2 Å². The summed E-state index contributed by atoms with van der Waals surface area (Å²) >= 11 is 0. The maximum absolute atomic E-state index is 3.31. The summed E-state index contributed by atoms with van der Waals surface area (Å²) < 4.78 is 0. The lowest BCUT2D eigenvalue weighted by Crippen LogP contribution is -2.18. The van der Waals surface area contributed by atoms with Gasteiger partial charge in [-0.05, 0) is 175 Å². The molecule has 4 saturated heterocycles. The van der Waals surface area contributed by atoms with Crippen molar-refractivity contribution in [1.82, 2.24) is 19.6 Å². The third kappa shape index (κ3) is 12.5. The van der Waals surface area contributed by atoms with Crippen LogP contribution in [0.5, 0.6) is 0 Å². The first-order valence-corrected chi connectivity index (χ1v) is 21.0. The first-order chi connectivity index (χ1) is 27.7. The second-order valence-electron chi connectivity index (χ2n) is 15.4. The molecule has 4 aliphatic heterocycles. The Bertz CT molecular complexity index is 1750. The molecule has 0 saturated carbocycles. The van der Waals surface area contributed by atoms with E-state index in [4.69, 9.17) is 0 Å². The van der Waals surface area contributed by atoms with Gasteiger partial charge in [0.1, 0.15) is 0 Å². The van der Waals surface area contributed by atoms with Crippen molar-refractivity contribution in [2.45, 2.75) is 51.4 Å². The van der Waals surface area contributed by atoms with Crippen molar-refractivity contribution in [2.24, 2.45) is 0 Å². The summed E-state index contributed by atoms with van der Waals surface area (Å²) in [5.74, 6) is 26.4. The summed E-state index contributed by atoms with van der Waals surface area (Å²) in [5.41, 5.74) is 9.26. The van der Waals surface area contributed by atoms with Crippen molar-refractivity contribution in [3.8, 4) is 69.6 Å². The van der Waals surface area contributed by atoms with E-state index in [2.05, 4.69) is 164 Å². The number of rotatable bonds is 6. The maximum Gasteiger partial charge on any atom is 0.0605 e. The molecule has 0 atom stereocenters. The monoisotopic (exact) mass is 736 g/mol. The molecule has 8 rings (SSSR count). The lowest BCUT2D eigenvalue weighted by Gasteiger charge is -2.08. The number of hydrogen-bond donors (Lipinski definition) is 0. The summed E-state index contributed by atoms with van der Waals surface area (Å²) in [4.78, 5) is 9.71. The predicted molar refractivity (Wildman–Crippen MR) is 234 cm³/mol. The molecule has 0 amide bonds. The highest BCUT2D eigenvalue weighted by molar-refractivity contribution is 5.66. The van der Waals surface area contributed by atoms with Gasteiger partial charge in [0, 0.05) is 22.3 Å². The van der Waals surface area contributed by atoms with Crippen LogP contribution in [0.2, 0.25) is 0 Å². The highest BCUT2D eigenvalue weighted by Crippen LogP contribution is 2.22. The first-order valence-electron chi connectivity index (χ1n) is 21.0. The molecule has 0 aliphatic carbocycles. The Morgan fingerprint density at radius 1 is 0.268 bits per heavy atom. The second kappa shape index (κ2) is 21.3. The van der Waals surface area contributed by atoms with Crippen LogP contribution in [0.25, 0.3) is 22.3 Å². The number of nitrogens with zero attached hydrogens (tertiary/aromatic N) is 4. The van der Waals surface area contributed by atoms with Gasteiger partial charge in [0.25, 0.3) is 0 Å². The molecule has 284 valence electrons. The molecule has 0 spiro atoms. The molecule has 4 nitrogen and oxygen atoms in total. The van der Waals surface area contributed by atoms with Gasteiger partial charge in [-0.1, -0.05) is 95.9 Å². The summed E-state index contributed by atoms with van der Waals surface area (Å²) in [6.07, 6.45) is 10.5. The van der Waals surface area contributed by atoms with Crippen molar-refractivity contribution in [3.63, 3.8) is 0 Å². The van der Waals surface area contributed by atoms with Crippen molar-refractivity contribution in [3.05, 3.63) is 119 Å². The Kier molecular flexibility index (Phi) is 14.9. The quantitative estimate of drug-likeness (QED) is 0.184. The maximum atomic E-state index is 3.31. The van der Waals surface area contributed by atoms with Crippen LogP contribution < -0.4 is 0 Å². The van der Waals surface area contributed by atoms with Gasteiger partial charge in [-0.3, -0.25) is 19.6 Å². The molecule has 0 bridgehead atoms. The SMILES string of the molecule is C(#Cc1ccc(-c2ccc(C#CCN3CCCC3)cc2)cc1)CN1CCCC1.C(#Cc1ccc(-c2ccc(C#CCN3CCCC3)cc2)cc1)CN1CCCC1. The molecule has 4 heterocycles. The molecular formula is C52H56N4. The molecule has 0 radical (unpaired) electrons. The van der Waals surface area contributed by atoms with E-state index in [0.717, 1.165) is 48.4 Å². The van der Waals surface area contributed by atoms with Gasteiger partial charge < -0.3 is 0 Å². The van der Waals surface area contributed by atoms with E-state index in [9.17, 15) is 0 Å². The van der Waals surface area contributed by atoms with E-state index in [-0.39, 0.29) is 0 Å². The summed E-state index contributed by atoms with van der Waals surface area (Å²) in [6.45, 7) is 13.2. The Labute approximate surface area is 337 Å². The molecule has 0 unspecified atom stereocenters. The van der Waals surface area contributed by atoms with E-state index in [0.29, 0.717) is 0 Å². The molecule has 4 aromatic rings. The van der Waals surface area contributed by atoms with Crippen molar-refractivity contribution in [1.29, 1.82) is 0 Å². The molecule has 56 heavy (non-hydrogen) atoms. The minimum atomic E-state index is 0.891. The lowest BCUT2D eigenvalue weighted by atomic mass is 10.0. The fraction of sp³-hybridized carbons (Fsp3) is 0.385. The minimum Gasteiger partial charge on any atom is -0.292 e. The average Bonchev–Trinajstić information content (AvgIpc) is 4.10. The largest absolute Gasteiger partial charge is 0.292 e. The Balaban J connectivity index is 0.000000172. The van der Waals surface area contributed by atoms with Crippen LogP contribution in [0.1, 0.15) is 73.6 Å². The third-order valence-corrected chi connectivity index (χ3v) is 11.1. The zero-order chi connectivity index (χ0) is 38.0. The summed E-state index contributed by atoms with van der Waals surface area (Å²) in [5, 5.41) is 0. The van der Waals surface area contributed by atoms with Gasteiger partial charge >= 0.3 is 0 Å². The van der Waals surface area contributed by atoms with Gasteiger partial charge in [0.15, 0.2) is 0 Å². The van der Waals surface area contributed by atoms with Gasteiger partial charge in [-0.25, -0.2) is 0 Å². The second-order valence-corrected chi connectivity index (χ2v) is 15.4. The van der Waals surface area contributed by atoms with E-state index in [1.54, 1.807) is 0 Å². The highest BCUT2D eigenvalue weighted by Gasteiger charge is 2.11. The van der Waals surface area contributed by atoms with Gasteiger partial charge in [-0.2, -0.15) is 0 Å². The highest BCUT2D eigenvalue weighted by atomic mass is 15.1. The molecule has 4 aromatic carbocycles. The fourth-order valence-electron chi connectivity index (χ4n) is 7.76. The Morgan fingerprint density at radius 2 is 0.446 bits per heavy atom. The predicted octanol–water partition coefficient (Wildman–Crippen LogP) is 8.50. The molecule has 4 aliphatic rings. The van der Waals surface area contributed by atoms with Crippen molar-refractivity contribution < 1.29 is 0 Å². The van der Waals surface area contributed by atoms with Crippen molar-refractivity contribution in [2.75, 3.05) is 78.5 Å². The zero-order valence-corrected chi connectivity index (χ0v) is 33.2. The van der Waals surface area contributed by atoms with Crippen LogP contribution >= 0.6 is 0 Å². The number of benzene rings is 4. The summed E-state index contributed by atoms with van der Waals surface area (Å²) in [6, 6.07) is 34.3. The van der Waals surface area contributed by atoms with Crippen LogP contribution in [0.4, 0.5) is 0 Å². The van der Waals surface area contributed by atoms with Crippen LogP contribution in [0.3, 0.4) is 0 Å². The standard InChI is InChI=1S/2C26H28N2/c2*1-2-18-27(17-1)21-5-7-23-9-13-25(14-10-23)26-15-11-24(12-16-26)8-6-22-28-19-3-4-20-28/h2*9-16H,1-4,17-22H2. The van der Waals surface area contributed by atoms with E-state index in [1.165, 1.54) is 126 Å². The van der Waals surface area contributed by atoms with E-state index >= 15 is 0 Å². The molecule has 4 heteroatoms. The van der Waals surface area contributed by atoms with Gasteiger partial charge in [-0.15, -0.1) is 0 Å². The Hall–Kier alpha value is -5.04. The number of hydrogen-bond acceptors (Lipinski definition) is 4. The Morgan fingerprint density at radius 3 is 0.625 bits per heavy atom. The molecule has 4 fully saturated rings. The third-order valence-electron chi connectivity index (χ3n) is 11.1. The zero-order valence-electron chi connectivity index (χ0n) is 33.2. The smallest absolute Gasteiger partial charge is 0.0605 e. The minimum absolute atomic E-state index is 0.891. The first kappa shape index (κ1) is 39.2. The topological polar surface area (TPSA) is 13.0 Å². The average molecular weight is 737 g/mol. The molecular weight excluding hydrogens is 681 g/mol. The van der Waals surface area contributed by atoms with Gasteiger partial charge in [0.2, 0.25) is 0 Å². The van der Waals surface area contributed by atoms with Crippen LogP contribution in [-0.4, -0.2) is 98.1 Å². The fourth-order valence-corrected chi connectivity index (χ4v) is 7.76. The summed E-state index contributed by atoms with van der Waals surface area (Å²) in [7, 11) is 0. The van der Waals surface area contributed by atoms with Crippen LogP contribution in [0, 0.1) is 47.4 Å². The van der Waals surface area contributed by atoms with Crippen LogP contribution in [0.15, 0.2) is 97.1 Å². The van der Waals surface area contributed by atoms with E-state index in [1.807, 2.05) is 0 Å². The lowest BCUT2D eigenvalue weighted by molar-refractivity contribution is 0.383.